The number of anilines is 1. The van der Waals surface area contributed by atoms with Crippen molar-refractivity contribution in [2.24, 2.45) is 0 Å². The Kier molecular flexibility index (Phi) is 6.24. The number of aromatic nitrogens is 4. The highest BCUT2D eigenvalue weighted by Gasteiger charge is 2.28. The van der Waals surface area contributed by atoms with Crippen LogP contribution in [0, 0.1) is 0 Å². The Labute approximate surface area is 174 Å². The molecule has 0 bridgehead atoms. The van der Waals surface area contributed by atoms with Crippen molar-refractivity contribution >= 4 is 28.6 Å². The van der Waals surface area contributed by atoms with Crippen LogP contribution in [-0.2, 0) is 6.54 Å². The molecule has 0 amide bonds. The fourth-order valence-corrected chi connectivity index (χ4v) is 4.70. The fraction of sp³-hybridized carbons (Fsp3) is 0.450. The van der Waals surface area contributed by atoms with Crippen molar-refractivity contribution in [3.63, 3.8) is 0 Å². The minimum absolute atomic E-state index is 0.251. The SMILES string of the molecule is CCC[C@@H](c1nnnn1Cc1cccs1)N1CCN(c2cccc(Cl)c2)CC1. The molecule has 0 aliphatic carbocycles. The second-order valence-corrected chi connectivity index (χ2v) is 8.55. The lowest BCUT2D eigenvalue weighted by Gasteiger charge is -2.39. The summed E-state index contributed by atoms with van der Waals surface area (Å²) in [4.78, 5) is 6.20. The summed E-state index contributed by atoms with van der Waals surface area (Å²) in [5.74, 6) is 0.978. The van der Waals surface area contributed by atoms with Crippen molar-refractivity contribution in [2.45, 2.75) is 32.4 Å². The zero-order valence-corrected chi connectivity index (χ0v) is 17.6. The van der Waals surface area contributed by atoms with Gasteiger partial charge >= 0.3 is 0 Å². The standard InChI is InChI=1S/C20H25ClN6S/c1-2-5-19(20-22-23-24-27(20)15-18-8-4-13-28-18)26-11-9-25(10-12-26)17-7-3-6-16(21)14-17/h3-4,6-8,13-14,19H,2,5,9-12,15H2,1H3/t19-/m0/s1. The van der Waals surface area contributed by atoms with Gasteiger partial charge in [0.15, 0.2) is 5.82 Å². The summed E-state index contributed by atoms with van der Waals surface area (Å²) in [5.41, 5.74) is 1.20. The molecule has 3 heterocycles. The van der Waals surface area contributed by atoms with Gasteiger partial charge < -0.3 is 4.90 Å². The number of nitrogens with zero attached hydrogens (tertiary/aromatic N) is 6. The monoisotopic (exact) mass is 416 g/mol. The van der Waals surface area contributed by atoms with E-state index in [2.05, 4.69) is 55.8 Å². The van der Waals surface area contributed by atoms with Gasteiger partial charge in [-0.1, -0.05) is 37.1 Å². The number of tetrazole rings is 1. The number of thiophene rings is 1. The van der Waals surface area contributed by atoms with Crippen LogP contribution in [-0.4, -0.2) is 51.3 Å². The number of hydrogen-bond acceptors (Lipinski definition) is 6. The van der Waals surface area contributed by atoms with Crippen molar-refractivity contribution < 1.29 is 0 Å². The first kappa shape index (κ1) is 19.4. The lowest BCUT2D eigenvalue weighted by atomic mass is 10.1. The van der Waals surface area contributed by atoms with E-state index in [4.69, 9.17) is 11.6 Å². The molecule has 28 heavy (non-hydrogen) atoms. The third-order valence-corrected chi connectivity index (χ3v) is 6.33. The highest BCUT2D eigenvalue weighted by Crippen LogP contribution is 2.28. The molecule has 148 valence electrons. The predicted octanol–water partition coefficient (Wildman–Crippen LogP) is 4.10. The Morgan fingerprint density at radius 1 is 1.14 bits per heavy atom. The average molecular weight is 417 g/mol. The first-order valence-corrected chi connectivity index (χ1v) is 11.0. The van der Waals surface area contributed by atoms with E-state index in [0.717, 1.165) is 56.4 Å². The number of halogens is 1. The minimum atomic E-state index is 0.251. The summed E-state index contributed by atoms with van der Waals surface area (Å²) in [6, 6.07) is 12.6. The lowest BCUT2D eigenvalue weighted by molar-refractivity contribution is 0.164. The molecule has 1 aliphatic heterocycles. The van der Waals surface area contributed by atoms with Crippen LogP contribution in [0.5, 0.6) is 0 Å². The molecule has 8 heteroatoms. The molecular formula is C20H25ClN6S. The Morgan fingerprint density at radius 2 is 2.00 bits per heavy atom. The molecule has 0 radical (unpaired) electrons. The van der Waals surface area contributed by atoms with E-state index in [9.17, 15) is 0 Å². The summed E-state index contributed by atoms with van der Waals surface area (Å²) in [5, 5.41) is 15.6. The maximum Gasteiger partial charge on any atom is 0.168 e. The summed E-state index contributed by atoms with van der Waals surface area (Å²) in [6.45, 7) is 6.90. The van der Waals surface area contributed by atoms with Crippen LogP contribution in [0.1, 0.15) is 36.5 Å². The molecule has 1 saturated heterocycles. The van der Waals surface area contributed by atoms with Crippen LogP contribution in [0.3, 0.4) is 0 Å². The molecule has 0 spiro atoms. The molecule has 0 unspecified atom stereocenters. The van der Waals surface area contributed by atoms with E-state index >= 15 is 0 Å². The van der Waals surface area contributed by atoms with E-state index in [-0.39, 0.29) is 6.04 Å². The molecule has 2 aromatic heterocycles. The van der Waals surface area contributed by atoms with Gasteiger partial charge in [0.25, 0.3) is 0 Å². The van der Waals surface area contributed by atoms with Gasteiger partial charge in [-0.2, -0.15) is 0 Å². The molecular weight excluding hydrogens is 392 g/mol. The fourth-order valence-electron chi connectivity index (χ4n) is 3.83. The smallest absolute Gasteiger partial charge is 0.168 e. The third-order valence-electron chi connectivity index (χ3n) is 5.23. The first-order chi connectivity index (χ1) is 13.7. The molecule has 1 fully saturated rings. The molecule has 1 aliphatic rings. The highest BCUT2D eigenvalue weighted by atomic mass is 35.5. The van der Waals surface area contributed by atoms with Gasteiger partial charge in [0.1, 0.15) is 0 Å². The highest BCUT2D eigenvalue weighted by molar-refractivity contribution is 7.09. The van der Waals surface area contributed by atoms with Crippen LogP contribution < -0.4 is 4.90 Å². The van der Waals surface area contributed by atoms with Gasteiger partial charge in [-0.25, -0.2) is 4.68 Å². The normalized spacial score (nSPS) is 16.4. The van der Waals surface area contributed by atoms with Crippen molar-refractivity contribution in [1.29, 1.82) is 0 Å². The molecule has 0 N–H and O–H groups in total. The van der Waals surface area contributed by atoms with Crippen LogP contribution >= 0.6 is 22.9 Å². The Morgan fingerprint density at radius 3 is 2.71 bits per heavy atom. The third kappa shape index (κ3) is 4.37. The van der Waals surface area contributed by atoms with E-state index in [1.165, 1.54) is 10.6 Å². The number of hydrogen-bond donors (Lipinski definition) is 0. The van der Waals surface area contributed by atoms with Crippen LogP contribution in [0.25, 0.3) is 0 Å². The zero-order chi connectivity index (χ0) is 19.3. The average Bonchev–Trinajstić information content (AvgIpc) is 3.39. The number of benzene rings is 1. The van der Waals surface area contributed by atoms with Crippen molar-refractivity contribution in [3.8, 4) is 0 Å². The van der Waals surface area contributed by atoms with Crippen molar-refractivity contribution in [2.75, 3.05) is 31.1 Å². The van der Waals surface area contributed by atoms with Gasteiger partial charge in [-0.3, -0.25) is 4.90 Å². The first-order valence-electron chi connectivity index (χ1n) is 9.77. The summed E-state index contributed by atoms with van der Waals surface area (Å²) in [6.07, 6.45) is 2.16. The summed E-state index contributed by atoms with van der Waals surface area (Å²) >= 11 is 7.91. The van der Waals surface area contributed by atoms with Gasteiger partial charge in [-0.15, -0.1) is 16.4 Å². The molecule has 4 rings (SSSR count). The van der Waals surface area contributed by atoms with Gasteiger partial charge in [0.05, 0.1) is 12.6 Å². The second-order valence-electron chi connectivity index (χ2n) is 7.08. The van der Waals surface area contributed by atoms with E-state index in [1.54, 1.807) is 11.3 Å². The molecule has 1 aromatic carbocycles. The Bertz CT molecular complexity index is 872. The topological polar surface area (TPSA) is 50.1 Å². The van der Waals surface area contributed by atoms with Crippen LogP contribution in [0.2, 0.25) is 5.02 Å². The van der Waals surface area contributed by atoms with Gasteiger partial charge in [0, 0.05) is 41.8 Å². The second kappa shape index (κ2) is 9.03. The van der Waals surface area contributed by atoms with E-state index in [1.807, 2.05) is 22.9 Å². The van der Waals surface area contributed by atoms with E-state index in [0.29, 0.717) is 0 Å². The quantitative estimate of drug-likeness (QED) is 0.580. The maximum atomic E-state index is 6.17. The van der Waals surface area contributed by atoms with Crippen LogP contribution in [0.4, 0.5) is 5.69 Å². The summed E-state index contributed by atoms with van der Waals surface area (Å²) in [7, 11) is 0. The number of piperazine rings is 1. The maximum absolute atomic E-state index is 6.17. The van der Waals surface area contributed by atoms with Gasteiger partial charge in [-0.05, 0) is 46.5 Å². The summed E-state index contributed by atoms with van der Waals surface area (Å²) < 4.78 is 1.97. The molecule has 1 atom stereocenters. The van der Waals surface area contributed by atoms with Crippen molar-refractivity contribution in [1.82, 2.24) is 25.1 Å². The van der Waals surface area contributed by atoms with Crippen LogP contribution in [0.15, 0.2) is 41.8 Å². The Hall–Kier alpha value is -1.96. The molecule has 6 nitrogen and oxygen atoms in total. The lowest BCUT2D eigenvalue weighted by Crippen LogP contribution is -2.48. The van der Waals surface area contributed by atoms with E-state index < -0.39 is 0 Å². The van der Waals surface area contributed by atoms with Gasteiger partial charge in [0.2, 0.25) is 0 Å². The predicted molar refractivity (Wildman–Crippen MR) is 114 cm³/mol. The Balaban J connectivity index is 1.47. The zero-order valence-electron chi connectivity index (χ0n) is 16.0. The molecule has 0 saturated carbocycles. The number of rotatable bonds is 7. The minimum Gasteiger partial charge on any atom is -0.369 e. The molecule has 3 aromatic rings. The van der Waals surface area contributed by atoms with Crippen molar-refractivity contribution in [3.05, 3.63) is 57.5 Å². The largest absolute Gasteiger partial charge is 0.369 e.